The highest BCUT2D eigenvalue weighted by molar-refractivity contribution is 9.11. The number of amides is 1. The van der Waals surface area contributed by atoms with Crippen LogP contribution in [0.4, 0.5) is 4.39 Å². The zero-order valence-corrected chi connectivity index (χ0v) is 11.9. The molecule has 2 aromatic rings. The van der Waals surface area contributed by atoms with Crippen LogP contribution in [0.3, 0.4) is 0 Å². The molecule has 0 aliphatic rings. The lowest BCUT2D eigenvalue weighted by Crippen LogP contribution is -2.25. The van der Waals surface area contributed by atoms with Crippen molar-refractivity contribution in [3.8, 4) is 0 Å². The van der Waals surface area contributed by atoms with Crippen molar-refractivity contribution in [1.29, 1.82) is 0 Å². The van der Waals surface area contributed by atoms with E-state index in [1.807, 2.05) is 6.07 Å². The SMILES string of the molecule is O=C(NCCc1ccccc1F)c1ccc(Br)s1. The Morgan fingerprint density at radius 3 is 2.72 bits per heavy atom. The molecule has 0 aliphatic heterocycles. The van der Waals surface area contributed by atoms with Gasteiger partial charge in [0.05, 0.1) is 8.66 Å². The van der Waals surface area contributed by atoms with E-state index in [9.17, 15) is 9.18 Å². The average Bonchev–Trinajstić information content (AvgIpc) is 2.78. The third kappa shape index (κ3) is 3.40. The molecular formula is C13H11BrFNOS. The van der Waals surface area contributed by atoms with Crippen molar-refractivity contribution in [2.75, 3.05) is 6.54 Å². The van der Waals surface area contributed by atoms with Crippen molar-refractivity contribution in [3.63, 3.8) is 0 Å². The predicted octanol–water partition coefficient (Wildman–Crippen LogP) is 3.62. The van der Waals surface area contributed by atoms with Gasteiger partial charge in [0.2, 0.25) is 0 Å². The molecule has 0 saturated carbocycles. The first-order valence-electron chi connectivity index (χ1n) is 5.44. The second-order valence-corrected chi connectivity index (χ2v) is 6.16. The molecule has 1 amide bonds. The molecule has 0 saturated heterocycles. The van der Waals surface area contributed by atoms with Gasteiger partial charge in [-0.05, 0) is 46.1 Å². The fourth-order valence-corrected chi connectivity index (χ4v) is 2.84. The minimum Gasteiger partial charge on any atom is -0.351 e. The molecule has 1 heterocycles. The minimum atomic E-state index is -0.231. The van der Waals surface area contributed by atoms with Gasteiger partial charge >= 0.3 is 0 Å². The Kier molecular flexibility index (Phi) is 4.49. The van der Waals surface area contributed by atoms with E-state index < -0.39 is 0 Å². The lowest BCUT2D eigenvalue weighted by molar-refractivity contribution is 0.0958. The number of carbonyl (C=O) groups excluding carboxylic acids is 1. The summed E-state index contributed by atoms with van der Waals surface area (Å²) in [7, 11) is 0. The normalized spacial score (nSPS) is 10.3. The van der Waals surface area contributed by atoms with Crippen LogP contribution >= 0.6 is 27.3 Å². The molecular weight excluding hydrogens is 317 g/mol. The molecule has 1 aromatic heterocycles. The van der Waals surface area contributed by atoms with Crippen LogP contribution in [0.25, 0.3) is 0 Å². The van der Waals surface area contributed by atoms with Crippen molar-refractivity contribution in [2.45, 2.75) is 6.42 Å². The van der Waals surface area contributed by atoms with Crippen LogP contribution in [-0.2, 0) is 6.42 Å². The minimum absolute atomic E-state index is 0.123. The number of thiophene rings is 1. The van der Waals surface area contributed by atoms with Gasteiger partial charge in [-0.2, -0.15) is 0 Å². The number of hydrogen-bond donors (Lipinski definition) is 1. The molecule has 0 atom stereocenters. The van der Waals surface area contributed by atoms with Crippen molar-refractivity contribution in [3.05, 3.63) is 56.4 Å². The van der Waals surface area contributed by atoms with Crippen LogP contribution in [0, 0.1) is 5.82 Å². The first-order chi connectivity index (χ1) is 8.66. The van der Waals surface area contributed by atoms with Crippen molar-refractivity contribution >= 4 is 33.2 Å². The maximum Gasteiger partial charge on any atom is 0.261 e. The first kappa shape index (κ1) is 13.2. The van der Waals surface area contributed by atoms with Crippen molar-refractivity contribution in [1.82, 2.24) is 5.32 Å². The Bertz CT molecular complexity index is 555. The quantitative estimate of drug-likeness (QED) is 0.912. The molecule has 0 fully saturated rings. The van der Waals surface area contributed by atoms with Gasteiger partial charge in [-0.3, -0.25) is 4.79 Å². The third-order valence-electron chi connectivity index (χ3n) is 2.43. The molecule has 0 aliphatic carbocycles. The number of rotatable bonds is 4. The predicted molar refractivity (Wildman–Crippen MR) is 74.5 cm³/mol. The van der Waals surface area contributed by atoms with Gasteiger partial charge in [0.15, 0.2) is 0 Å². The summed E-state index contributed by atoms with van der Waals surface area (Å²) in [4.78, 5) is 12.4. The summed E-state index contributed by atoms with van der Waals surface area (Å²) >= 11 is 4.68. The molecule has 1 N–H and O–H groups in total. The monoisotopic (exact) mass is 327 g/mol. The van der Waals surface area contributed by atoms with Gasteiger partial charge in [-0.25, -0.2) is 4.39 Å². The van der Waals surface area contributed by atoms with Gasteiger partial charge in [0.25, 0.3) is 5.91 Å². The number of halogens is 2. The van der Waals surface area contributed by atoms with Gasteiger partial charge in [0, 0.05) is 6.54 Å². The smallest absolute Gasteiger partial charge is 0.261 e. The molecule has 1 aromatic carbocycles. The lowest BCUT2D eigenvalue weighted by Gasteiger charge is -2.04. The van der Waals surface area contributed by atoms with Crippen LogP contribution in [0.5, 0.6) is 0 Å². The Hall–Kier alpha value is -1.20. The Morgan fingerprint density at radius 2 is 2.06 bits per heavy atom. The van der Waals surface area contributed by atoms with Gasteiger partial charge < -0.3 is 5.32 Å². The first-order valence-corrected chi connectivity index (χ1v) is 7.04. The molecule has 94 valence electrons. The standard InChI is InChI=1S/C13H11BrFNOS/c14-12-6-5-11(18-12)13(17)16-8-7-9-3-1-2-4-10(9)15/h1-6H,7-8H2,(H,16,17). The van der Waals surface area contributed by atoms with Gasteiger partial charge in [-0.1, -0.05) is 18.2 Å². The lowest BCUT2D eigenvalue weighted by atomic mass is 10.1. The highest BCUT2D eigenvalue weighted by Gasteiger charge is 2.08. The maximum absolute atomic E-state index is 13.3. The molecule has 0 spiro atoms. The molecule has 18 heavy (non-hydrogen) atoms. The number of hydrogen-bond acceptors (Lipinski definition) is 2. The van der Waals surface area contributed by atoms with Crippen molar-refractivity contribution < 1.29 is 9.18 Å². The van der Waals surface area contributed by atoms with Crippen LogP contribution in [0.15, 0.2) is 40.2 Å². The Balaban J connectivity index is 1.86. The van der Waals surface area contributed by atoms with E-state index in [0.29, 0.717) is 23.4 Å². The van der Waals surface area contributed by atoms with E-state index in [2.05, 4.69) is 21.2 Å². The highest BCUT2D eigenvalue weighted by atomic mass is 79.9. The molecule has 0 unspecified atom stereocenters. The summed E-state index contributed by atoms with van der Waals surface area (Å²) in [5.41, 5.74) is 0.616. The topological polar surface area (TPSA) is 29.1 Å². The van der Waals surface area contributed by atoms with Crippen LogP contribution in [0.1, 0.15) is 15.2 Å². The number of nitrogens with one attached hydrogen (secondary N) is 1. The molecule has 2 nitrogen and oxygen atoms in total. The number of benzene rings is 1. The van der Waals surface area contributed by atoms with Crippen LogP contribution in [-0.4, -0.2) is 12.5 Å². The van der Waals surface area contributed by atoms with E-state index in [1.54, 1.807) is 24.3 Å². The summed E-state index contributed by atoms with van der Waals surface area (Å²) in [5.74, 6) is -0.354. The molecule has 5 heteroatoms. The maximum atomic E-state index is 13.3. The zero-order valence-electron chi connectivity index (χ0n) is 9.45. The van der Waals surface area contributed by atoms with E-state index in [-0.39, 0.29) is 11.7 Å². The van der Waals surface area contributed by atoms with Gasteiger partial charge in [-0.15, -0.1) is 11.3 Å². The summed E-state index contributed by atoms with van der Waals surface area (Å²) in [6.07, 6.45) is 0.491. The fourth-order valence-electron chi connectivity index (χ4n) is 1.54. The third-order valence-corrected chi connectivity index (χ3v) is 4.06. The van der Waals surface area contributed by atoms with E-state index in [4.69, 9.17) is 0 Å². The van der Waals surface area contributed by atoms with E-state index in [1.165, 1.54) is 17.4 Å². The summed E-state index contributed by atoms with van der Waals surface area (Å²) in [5, 5.41) is 2.77. The Morgan fingerprint density at radius 1 is 1.28 bits per heavy atom. The average molecular weight is 328 g/mol. The summed E-state index contributed by atoms with van der Waals surface area (Å²) in [6, 6.07) is 10.2. The summed E-state index contributed by atoms with van der Waals surface area (Å²) in [6.45, 7) is 0.426. The Labute approximate surface area is 117 Å². The second kappa shape index (κ2) is 6.11. The van der Waals surface area contributed by atoms with Crippen LogP contribution < -0.4 is 5.32 Å². The van der Waals surface area contributed by atoms with Crippen molar-refractivity contribution in [2.24, 2.45) is 0 Å². The molecule has 2 rings (SSSR count). The summed E-state index contributed by atoms with van der Waals surface area (Å²) < 4.78 is 14.2. The fraction of sp³-hybridized carbons (Fsp3) is 0.154. The van der Waals surface area contributed by atoms with Gasteiger partial charge in [0.1, 0.15) is 5.82 Å². The highest BCUT2D eigenvalue weighted by Crippen LogP contribution is 2.21. The largest absolute Gasteiger partial charge is 0.351 e. The zero-order chi connectivity index (χ0) is 13.0. The van der Waals surface area contributed by atoms with E-state index >= 15 is 0 Å². The van der Waals surface area contributed by atoms with Crippen LogP contribution in [0.2, 0.25) is 0 Å². The molecule has 0 radical (unpaired) electrons. The van der Waals surface area contributed by atoms with E-state index in [0.717, 1.165) is 3.79 Å². The second-order valence-electron chi connectivity index (χ2n) is 3.70. The molecule has 0 bridgehead atoms. The number of carbonyl (C=O) groups is 1.